The number of aromatic nitrogens is 1. The number of primary sulfonamides is 1. The van der Waals surface area contributed by atoms with E-state index in [0.717, 1.165) is 22.2 Å². The molecular weight excluding hydrogens is 442 g/mol. The van der Waals surface area contributed by atoms with E-state index in [-0.39, 0.29) is 23.3 Å². The first-order valence-corrected chi connectivity index (χ1v) is 12.4. The molecule has 3 N–H and O–H groups in total. The molecule has 172 valence electrons. The molecule has 2 amide bonds. The molecule has 0 radical (unpaired) electrons. The van der Waals surface area contributed by atoms with E-state index in [9.17, 15) is 18.0 Å². The molecule has 0 atom stereocenters. The van der Waals surface area contributed by atoms with Crippen molar-refractivity contribution in [2.75, 3.05) is 44.2 Å². The minimum atomic E-state index is -3.77. The molecule has 2 aromatic carbocycles. The molecule has 0 aliphatic carbocycles. The lowest BCUT2D eigenvalue weighted by Gasteiger charge is -2.34. The summed E-state index contributed by atoms with van der Waals surface area (Å²) in [6.07, 6.45) is 0.594. The number of para-hydroxylation sites is 1. The average Bonchev–Trinajstić information content (AvgIpc) is 3.42. The molecule has 0 bridgehead atoms. The molecule has 2 aliphatic rings. The normalized spacial score (nSPS) is 16.9. The molecule has 0 unspecified atom stereocenters. The fourth-order valence-electron chi connectivity index (χ4n) is 4.56. The summed E-state index contributed by atoms with van der Waals surface area (Å²) in [5, 5.41) is 6.22. The molecular formula is C23H25N5O4S. The van der Waals surface area contributed by atoms with Gasteiger partial charge in [-0.1, -0.05) is 18.2 Å². The van der Waals surface area contributed by atoms with Crippen molar-refractivity contribution in [3.05, 3.63) is 59.8 Å². The molecule has 0 spiro atoms. The number of hydrogen-bond acceptors (Lipinski definition) is 5. The van der Waals surface area contributed by atoms with Crippen molar-refractivity contribution in [2.45, 2.75) is 11.3 Å². The number of sulfonamides is 1. The third-order valence-electron chi connectivity index (χ3n) is 6.35. The number of benzene rings is 2. The van der Waals surface area contributed by atoms with E-state index in [0.29, 0.717) is 44.8 Å². The summed E-state index contributed by atoms with van der Waals surface area (Å²) in [5.74, 6) is -0.0659. The van der Waals surface area contributed by atoms with Crippen molar-refractivity contribution < 1.29 is 18.0 Å². The van der Waals surface area contributed by atoms with Gasteiger partial charge in [0.05, 0.1) is 11.4 Å². The van der Waals surface area contributed by atoms with Crippen LogP contribution >= 0.6 is 0 Å². The monoisotopic (exact) mass is 467 g/mol. The number of nitrogens with two attached hydrogens (primary N) is 1. The predicted molar refractivity (Wildman–Crippen MR) is 125 cm³/mol. The maximum atomic E-state index is 13.0. The largest absolute Gasteiger partial charge is 0.351 e. The Kier molecular flexibility index (Phi) is 5.43. The second kappa shape index (κ2) is 8.29. The average molecular weight is 468 g/mol. The van der Waals surface area contributed by atoms with Crippen LogP contribution in [0, 0.1) is 0 Å². The van der Waals surface area contributed by atoms with E-state index in [4.69, 9.17) is 5.14 Å². The summed E-state index contributed by atoms with van der Waals surface area (Å²) in [7, 11) is -3.77. The Morgan fingerprint density at radius 3 is 2.45 bits per heavy atom. The van der Waals surface area contributed by atoms with Gasteiger partial charge in [-0.05, 0) is 42.3 Å². The molecule has 9 nitrogen and oxygen atoms in total. The van der Waals surface area contributed by atoms with Crippen molar-refractivity contribution in [3.63, 3.8) is 0 Å². The smallest absolute Gasteiger partial charge is 0.270 e. The Morgan fingerprint density at radius 2 is 1.73 bits per heavy atom. The lowest BCUT2D eigenvalue weighted by Crippen LogP contribution is -2.51. The van der Waals surface area contributed by atoms with E-state index in [1.54, 1.807) is 17.0 Å². The second-order valence-electron chi connectivity index (χ2n) is 8.47. The highest BCUT2D eigenvalue weighted by Gasteiger charge is 2.29. The zero-order chi connectivity index (χ0) is 23.2. The van der Waals surface area contributed by atoms with Crippen LogP contribution in [0.4, 0.5) is 5.69 Å². The van der Waals surface area contributed by atoms with Gasteiger partial charge < -0.3 is 14.8 Å². The number of anilines is 1. The number of amides is 2. The van der Waals surface area contributed by atoms with Gasteiger partial charge in [0.15, 0.2) is 0 Å². The summed E-state index contributed by atoms with van der Waals surface area (Å²) < 4.78 is 23.2. The van der Waals surface area contributed by atoms with Gasteiger partial charge in [0.25, 0.3) is 5.91 Å². The minimum Gasteiger partial charge on any atom is -0.351 e. The predicted octanol–water partition coefficient (Wildman–Crippen LogP) is 1.16. The van der Waals surface area contributed by atoms with Gasteiger partial charge in [-0.25, -0.2) is 13.6 Å². The molecule has 3 heterocycles. The van der Waals surface area contributed by atoms with E-state index in [2.05, 4.69) is 4.98 Å². The number of carbonyl (C=O) groups excluding carboxylic acids is 2. The van der Waals surface area contributed by atoms with Gasteiger partial charge in [0.1, 0.15) is 5.69 Å². The summed E-state index contributed by atoms with van der Waals surface area (Å²) in [6.45, 7) is 3.10. The van der Waals surface area contributed by atoms with Crippen molar-refractivity contribution in [2.24, 2.45) is 5.14 Å². The molecule has 1 saturated heterocycles. The topological polar surface area (TPSA) is 120 Å². The van der Waals surface area contributed by atoms with Crippen LogP contribution in [-0.4, -0.2) is 74.3 Å². The van der Waals surface area contributed by atoms with Gasteiger partial charge in [-0.15, -0.1) is 0 Å². The number of aromatic amines is 1. The Labute approximate surface area is 191 Å². The summed E-state index contributed by atoms with van der Waals surface area (Å²) >= 11 is 0. The maximum Gasteiger partial charge on any atom is 0.270 e. The van der Waals surface area contributed by atoms with Crippen molar-refractivity contribution in [1.82, 2.24) is 14.8 Å². The molecule has 5 rings (SSSR count). The lowest BCUT2D eigenvalue weighted by atomic mass is 10.2. The number of piperazine rings is 1. The van der Waals surface area contributed by atoms with Crippen molar-refractivity contribution >= 4 is 38.4 Å². The first-order chi connectivity index (χ1) is 15.8. The highest BCUT2D eigenvalue weighted by Crippen LogP contribution is 2.30. The SMILES string of the molecule is NS(=O)(=O)c1ccc2c(c1)CCN2C(=O)CN1CCN(C(=O)c2cc3ccccc3[nH]2)CC1. The highest BCUT2D eigenvalue weighted by molar-refractivity contribution is 7.89. The summed E-state index contributed by atoms with van der Waals surface area (Å²) in [5.41, 5.74) is 3.06. The Bertz CT molecular complexity index is 1310. The molecule has 3 aromatic rings. The Hall–Kier alpha value is -3.21. The first-order valence-electron chi connectivity index (χ1n) is 10.8. The van der Waals surface area contributed by atoms with Gasteiger partial charge >= 0.3 is 0 Å². The molecule has 1 fully saturated rings. The van der Waals surface area contributed by atoms with Crippen LogP contribution in [0.1, 0.15) is 16.1 Å². The van der Waals surface area contributed by atoms with Crippen LogP contribution < -0.4 is 10.0 Å². The molecule has 1 aromatic heterocycles. The van der Waals surface area contributed by atoms with Crippen molar-refractivity contribution in [3.8, 4) is 0 Å². The number of carbonyl (C=O) groups is 2. The fraction of sp³-hybridized carbons (Fsp3) is 0.304. The van der Waals surface area contributed by atoms with Crippen LogP contribution in [-0.2, 0) is 21.2 Å². The van der Waals surface area contributed by atoms with Crippen LogP contribution in [0.25, 0.3) is 10.9 Å². The van der Waals surface area contributed by atoms with E-state index < -0.39 is 10.0 Å². The van der Waals surface area contributed by atoms with Crippen molar-refractivity contribution in [1.29, 1.82) is 0 Å². The van der Waals surface area contributed by atoms with Crippen LogP contribution in [0.2, 0.25) is 0 Å². The quantitative estimate of drug-likeness (QED) is 0.597. The summed E-state index contributed by atoms with van der Waals surface area (Å²) in [4.78, 5) is 34.6. The zero-order valence-corrected chi connectivity index (χ0v) is 18.8. The molecule has 33 heavy (non-hydrogen) atoms. The number of nitrogens with one attached hydrogen (secondary N) is 1. The molecule has 10 heteroatoms. The zero-order valence-electron chi connectivity index (χ0n) is 18.0. The van der Waals surface area contributed by atoms with Crippen LogP contribution in [0.5, 0.6) is 0 Å². The number of fused-ring (bicyclic) bond motifs is 2. The Morgan fingerprint density at radius 1 is 0.970 bits per heavy atom. The summed E-state index contributed by atoms with van der Waals surface area (Å²) in [6, 6.07) is 14.3. The van der Waals surface area contributed by atoms with Crippen LogP contribution in [0.15, 0.2) is 53.4 Å². The number of rotatable bonds is 4. The van der Waals surface area contributed by atoms with Gasteiger partial charge in [0, 0.05) is 49.3 Å². The van der Waals surface area contributed by atoms with E-state index in [1.165, 1.54) is 6.07 Å². The number of nitrogens with zero attached hydrogens (tertiary/aromatic N) is 3. The third-order valence-corrected chi connectivity index (χ3v) is 7.27. The maximum absolute atomic E-state index is 13.0. The van der Waals surface area contributed by atoms with E-state index >= 15 is 0 Å². The first kappa shape index (κ1) is 21.6. The molecule has 2 aliphatic heterocycles. The standard InChI is InChI=1S/C23H25N5O4S/c24-33(31,32)18-5-6-21-17(13-18)7-8-28(21)22(29)15-26-9-11-27(12-10-26)23(30)20-14-16-3-1-2-4-19(16)25-20/h1-6,13-14,25H,7-12,15H2,(H2,24,31,32). The molecule has 0 saturated carbocycles. The third kappa shape index (κ3) is 4.24. The van der Waals surface area contributed by atoms with Crippen LogP contribution in [0.3, 0.4) is 0 Å². The van der Waals surface area contributed by atoms with E-state index in [1.807, 2.05) is 40.1 Å². The Balaban J connectivity index is 1.19. The fourth-order valence-corrected chi connectivity index (χ4v) is 5.12. The van der Waals surface area contributed by atoms with Gasteiger partial charge in [0.2, 0.25) is 15.9 Å². The van der Waals surface area contributed by atoms with Gasteiger partial charge in [-0.2, -0.15) is 0 Å². The van der Waals surface area contributed by atoms with Gasteiger partial charge in [-0.3, -0.25) is 14.5 Å². The second-order valence-corrected chi connectivity index (χ2v) is 10.0. The number of H-pyrrole nitrogens is 1. The highest BCUT2D eigenvalue weighted by atomic mass is 32.2. The lowest BCUT2D eigenvalue weighted by molar-refractivity contribution is -0.120. The number of hydrogen-bond donors (Lipinski definition) is 2. The minimum absolute atomic E-state index is 0.0312.